The van der Waals surface area contributed by atoms with Gasteiger partial charge in [-0.1, -0.05) is 64.2 Å². The predicted molar refractivity (Wildman–Crippen MR) is 313 cm³/mol. The van der Waals surface area contributed by atoms with Crippen LogP contribution >= 0.6 is 0 Å². The fourth-order valence-electron chi connectivity index (χ4n) is 12.4. The number of hydrogen-bond donors (Lipinski definition) is 4. The number of anilines is 1. The second kappa shape index (κ2) is 32.0. The number of nitrogens with one attached hydrogen (secondary N) is 1. The quantitative estimate of drug-likeness (QED) is 0.116. The van der Waals surface area contributed by atoms with Gasteiger partial charge in [0.15, 0.2) is 5.78 Å². The highest BCUT2D eigenvalue weighted by atomic mass is 16.6. The topological polar surface area (TPSA) is 264 Å². The fourth-order valence-corrected chi connectivity index (χ4v) is 12.4. The van der Waals surface area contributed by atoms with Crippen LogP contribution in [-0.4, -0.2) is 194 Å². The van der Waals surface area contributed by atoms with Crippen molar-refractivity contribution in [3.05, 3.63) is 65.6 Å². The van der Waals surface area contributed by atoms with Gasteiger partial charge in [0.2, 0.25) is 11.7 Å². The average molecular weight is 1160 g/mol. The number of cyclic esters (lactones) is 1. The Morgan fingerprint density at radius 2 is 1.53 bits per heavy atom. The fraction of sp³-hybridized carbons (Fsp3) is 0.726. The number of piperidine rings is 1. The van der Waals surface area contributed by atoms with Crippen molar-refractivity contribution >= 4 is 35.5 Å². The highest BCUT2D eigenvalue weighted by molar-refractivity contribution is 6.39. The highest BCUT2D eigenvalue weighted by Gasteiger charge is 2.53. The molecule has 3 saturated heterocycles. The number of carbonyl (C=O) groups is 5. The minimum absolute atomic E-state index is 0.0150. The van der Waals surface area contributed by atoms with Crippen LogP contribution in [0.3, 0.4) is 0 Å². The van der Waals surface area contributed by atoms with Crippen molar-refractivity contribution in [2.45, 2.75) is 192 Å². The Bertz CT molecular complexity index is 2410. The van der Waals surface area contributed by atoms with Gasteiger partial charge in [-0.2, -0.15) is 0 Å². The monoisotopic (exact) mass is 1160 g/mol. The van der Waals surface area contributed by atoms with Crippen LogP contribution in [0, 0.1) is 29.6 Å². The van der Waals surface area contributed by atoms with Crippen LogP contribution in [0.5, 0.6) is 0 Å². The molecule has 4 fully saturated rings. The van der Waals surface area contributed by atoms with E-state index in [0.717, 1.165) is 37.3 Å². The molecule has 1 unspecified atom stereocenters. The van der Waals surface area contributed by atoms with Crippen LogP contribution < -0.4 is 16.0 Å². The lowest BCUT2D eigenvalue weighted by Gasteiger charge is -2.43. The maximum Gasteiger partial charge on any atom is 0.407 e. The van der Waals surface area contributed by atoms with Gasteiger partial charge in [0, 0.05) is 122 Å². The van der Waals surface area contributed by atoms with Gasteiger partial charge in [-0.3, -0.25) is 14.4 Å². The largest absolute Gasteiger partial charge is 0.459 e. The van der Waals surface area contributed by atoms with Gasteiger partial charge in [-0.15, -0.1) is 0 Å². The number of hydrogen-bond acceptors (Lipinski definition) is 19. The van der Waals surface area contributed by atoms with E-state index in [9.17, 15) is 34.2 Å². The third-order valence-corrected chi connectivity index (χ3v) is 17.8. The molecule has 0 radical (unpaired) electrons. The number of carbonyl (C=O) groups excluding carboxylic acids is 5. The number of aliphatic hydroxyl groups excluding tert-OH is 1. The molecular formula is C62H97N7O14. The summed E-state index contributed by atoms with van der Waals surface area (Å²) in [5, 5.41) is 26.6. The normalized spacial score (nSPS) is 35.3. The van der Waals surface area contributed by atoms with Gasteiger partial charge < -0.3 is 69.1 Å². The van der Waals surface area contributed by atoms with E-state index in [1.807, 2.05) is 64.2 Å². The number of aromatic nitrogens is 2. The van der Waals surface area contributed by atoms with Crippen LogP contribution in [-0.2, 0) is 58.9 Å². The number of piperazine rings is 1. The van der Waals surface area contributed by atoms with Crippen molar-refractivity contribution in [2.24, 2.45) is 35.3 Å². The first-order chi connectivity index (χ1) is 39.6. The number of alkyl carbamates (subject to hydrolysis) is 1. The van der Waals surface area contributed by atoms with Crippen LogP contribution in [0.15, 0.2) is 60.0 Å². The summed E-state index contributed by atoms with van der Waals surface area (Å²) in [6, 6.07) is -1.95. The average Bonchev–Trinajstić information content (AvgIpc) is 3.67. The predicted octanol–water partition coefficient (Wildman–Crippen LogP) is 5.79. The molecule has 2 bridgehead atoms. The summed E-state index contributed by atoms with van der Waals surface area (Å²) in [5.74, 6) is -6.59. The van der Waals surface area contributed by atoms with Gasteiger partial charge in [-0.25, -0.2) is 19.6 Å². The number of rotatable bonds is 11. The molecule has 21 nitrogen and oxygen atoms in total. The number of allylic oxidation sites excluding steroid dienone is 5. The summed E-state index contributed by atoms with van der Waals surface area (Å²) in [4.78, 5) is 85.5. The van der Waals surface area contributed by atoms with Crippen LogP contribution in [0.2, 0.25) is 0 Å². The lowest BCUT2D eigenvalue weighted by molar-refractivity contribution is -0.265. The van der Waals surface area contributed by atoms with Crippen molar-refractivity contribution in [1.82, 2.24) is 25.1 Å². The number of amides is 2. The third-order valence-electron chi connectivity index (χ3n) is 17.8. The zero-order chi connectivity index (χ0) is 60.5. The number of likely N-dealkylation sites (N-methyl/N-ethyl adjacent to an activating group) is 1. The van der Waals surface area contributed by atoms with Crippen molar-refractivity contribution in [3.63, 3.8) is 0 Å². The van der Waals surface area contributed by atoms with E-state index < -0.39 is 108 Å². The van der Waals surface area contributed by atoms with Gasteiger partial charge in [0.05, 0.1) is 24.4 Å². The Morgan fingerprint density at radius 1 is 0.819 bits per heavy atom. The smallest absolute Gasteiger partial charge is 0.407 e. The van der Waals surface area contributed by atoms with E-state index in [1.54, 1.807) is 40.5 Å². The molecule has 16 atom stereocenters. The first kappa shape index (κ1) is 67.2. The Balaban J connectivity index is 1.22. The first-order valence-electron chi connectivity index (χ1n) is 30.0. The van der Waals surface area contributed by atoms with Gasteiger partial charge in [0.25, 0.3) is 11.7 Å². The van der Waals surface area contributed by atoms with E-state index in [0.29, 0.717) is 75.7 Å². The lowest BCUT2D eigenvalue weighted by atomic mass is 9.80. The molecule has 1 aromatic heterocycles. The maximum atomic E-state index is 14.8. The van der Waals surface area contributed by atoms with E-state index >= 15 is 0 Å². The second-order valence-corrected chi connectivity index (χ2v) is 24.1. The van der Waals surface area contributed by atoms with Crippen molar-refractivity contribution < 1.29 is 67.3 Å². The Morgan fingerprint density at radius 3 is 2.20 bits per heavy atom. The van der Waals surface area contributed by atoms with E-state index in [1.165, 1.54) is 19.1 Å². The molecule has 1 saturated carbocycles. The molecule has 5 aliphatic rings. The third kappa shape index (κ3) is 18.3. The van der Waals surface area contributed by atoms with Crippen LogP contribution in [0.4, 0.5) is 10.7 Å². The minimum Gasteiger partial charge on any atom is -0.459 e. The number of esters is 1. The van der Waals surface area contributed by atoms with Crippen LogP contribution in [0.25, 0.3) is 0 Å². The molecule has 2 amide bonds. The summed E-state index contributed by atoms with van der Waals surface area (Å²) in [6.07, 6.45) is 13.2. The lowest BCUT2D eigenvalue weighted by Crippen LogP contribution is -2.61. The van der Waals surface area contributed by atoms with Gasteiger partial charge in [-0.05, 0) is 108 Å². The Labute approximate surface area is 492 Å². The molecule has 1 aliphatic carbocycles. The molecule has 83 heavy (non-hydrogen) atoms. The number of fused-ring (bicyclic) bond motifs is 3. The van der Waals surface area contributed by atoms with E-state index in [4.69, 9.17) is 38.9 Å². The molecule has 4 aliphatic heterocycles. The molecule has 464 valence electrons. The van der Waals surface area contributed by atoms with Crippen molar-refractivity contribution in [2.75, 3.05) is 73.1 Å². The Kier molecular flexibility index (Phi) is 25.9. The SMILES string of the molecule is CO[C@H]1C[C@@H]2CC[C@@H](C)[C@@](O)(O2)C(=O)C(=O)N2CCCC[C@H]2C(=O)O[C@H]([C@H](N)C[C@@H]2CC[C@@H](OC(=O)NCc3cnc(N4CCN(C)CC4)nc3)[C@H](OC)C2)C[C@@H](OC)[C@H](C)/C=C(\C)[C@@H](O)[C@@H](OC)C(=O)C(C)C[C@H](C)/C=C/C=CC=C1C. The number of ether oxygens (including phenoxy) is 7. The zero-order valence-electron chi connectivity index (χ0n) is 51.1. The molecule has 5 N–H and O–H groups in total. The summed E-state index contributed by atoms with van der Waals surface area (Å²) in [6.45, 7) is 14.9. The molecule has 1 aromatic rings. The first-order valence-corrected chi connectivity index (χ1v) is 30.0. The summed E-state index contributed by atoms with van der Waals surface area (Å²) in [7, 11) is 8.18. The summed E-state index contributed by atoms with van der Waals surface area (Å²) >= 11 is 0. The minimum atomic E-state index is -2.46. The number of Topliss-reactive ketones (excluding diaryl/α,β-unsaturated/α-hetero) is 2. The van der Waals surface area contributed by atoms with E-state index in [-0.39, 0.29) is 43.6 Å². The maximum absolute atomic E-state index is 14.8. The molecular weight excluding hydrogens is 1070 g/mol. The molecule has 0 aromatic carbocycles. The standard InChI is InChI=1S/C62H97N7O14/c1-38-17-13-12-14-18-39(2)50(77-8)33-46-22-20-43(6)62(76,83-46)57(72)58(73)69-24-16-15-19-48(69)59(74)81-52(34-51(78-9)40(3)30-42(5)55(71)56(80-11)54(70)41(4)29-38)47(63)31-44-21-23-49(53(32-44)79-10)82-61(75)66-37-45-35-64-60(65-36-45)68-27-25-67(7)26-28-68/h12-14,17-18,30,35-36,38,40-41,43-44,46-53,55-56,71,76H,15-16,19-29,31-34,37,63H2,1-11H3,(H,66,75)/b14-12?,17-13+,39-18?,42-30+/t38-,40-,41?,43-,44+,46+,47-,48+,49-,50+,51-,52+,53-,55-,56+,62-/m1/s1. The van der Waals surface area contributed by atoms with Crippen molar-refractivity contribution in [3.8, 4) is 0 Å². The number of nitrogens with zero attached hydrogens (tertiary/aromatic N) is 5. The highest BCUT2D eigenvalue weighted by Crippen LogP contribution is 2.38. The van der Waals surface area contributed by atoms with Gasteiger partial charge in [0.1, 0.15) is 30.5 Å². The molecule has 21 heteroatoms. The number of nitrogens with two attached hydrogens (primary N) is 1. The number of ketones is 2. The number of aliphatic hydroxyl groups is 2. The Hall–Kier alpha value is -4.97. The number of methoxy groups -OCH3 is 4. The molecule has 0 spiro atoms. The second-order valence-electron chi connectivity index (χ2n) is 24.1. The summed E-state index contributed by atoms with van der Waals surface area (Å²) < 4.78 is 42.2. The summed E-state index contributed by atoms with van der Waals surface area (Å²) in [5.41, 5.74) is 9.26. The zero-order valence-corrected chi connectivity index (χ0v) is 51.1. The van der Waals surface area contributed by atoms with Crippen molar-refractivity contribution in [1.29, 1.82) is 0 Å². The van der Waals surface area contributed by atoms with E-state index in [2.05, 4.69) is 32.1 Å². The molecule has 6 rings (SSSR count). The van der Waals surface area contributed by atoms with Gasteiger partial charge >= 0.3 is 12.1 Å². The molecule has 5 heterocycles. The van der Waals surface area contributed by atoms with Crippen LogP contribution in [0.1, 0.15) is 124 Å².